The minimum atomic E-state index is -0.696. The number of ether oxygens (including phenoxy) is 1. The number of anilines is 1. The van der Waals surface area contributed by atoms with Gasteiger partial charge in [-0.25, -0.2) is 0 Å². The average molecular weight is 555 g/mol. The number of esters is 1. The van der Waals surface area contributed by atoms with Crippen molar-refractivity contribution >= 4 is 35.2 Å². The third-order valence-corrected chi connectivity index (χ3v) is 10.7. The highest BCUT2D eigenvalue weighted by Gasteiger charge is 2.77. The van der Waals surface area contributed by atoms with Crippen molar-refractivity contribution in [3.63, 3.8) is 0 Å². The molecule has 2 unspecified atom stereocenters. The number of likely N-dealkylation sites (tertiary alicyclic amines) is 1. The molecule has 1 N–H and O–H groups in total. The first-order valence-electron chi connectivity index (χ1n) is 14.0. The molecule has 3 aliphatic rings. The molecule has 0 radical (unpaired) electrons. The van der Waals surface area contributed by atoms with Gasteiger partial charge >= 0.3 is 5.97 Å². The summed E-state index contributed by atoms with van der Waals surface area (Å²) in [7, 11) is 0. The molecule has 0 saturated carbocycles. The fraction of sp³-hybridized carbons (Fsp3) is 0.581. The number of hydrogen-bond acceptors (Lipinski definition) is 6. The molecule has 0 aliphatic carbocycles. The number of aliphatic hydroxyl groups excluding tert-OH is 1. The predicted molar refractivity (Wildman–Crippen MR) is 156 cm³/mol. The van der Waals surface area contributed by atoms with Crippen molar-refractivity contribution in [1.82, 2.24) is 4.90 Å². The molecule has 1 aromatic rings. The second kappa shape index (κ2) is 11.9. The van der Waals surface area contributed by atoms with Crippen molar-refractivity contribution in [2.75, 3.05) is 31.2 Å². The van der Waals surface area contributed by atoms with Crippen LogP contribution in [0.25, 0.3) is 0 Å². The molecule has 7 nitrogen and oxygen atoms in total. The van der Waals surface area contributed by atoms with Crippen molar-refractivity contribution in [3.8, 4) is 0 Å². The number of hydrogen-bond donors (Lipinski definition) is 1. The summed E-state index contributed by atoms with van der Waals surface area (Å²) in [6.45, 7) is 14.7. The second-order valence-electron chi connectivity index (χ2n) is 11.3. The van der Waals surface area contributed by atoms with Crippen molar-refractivity contribution < 1.29 is 24.2 Å². The third kappa shape index (κ3) is 5.06. The van der Waals surface area contributed by atoms with Crippen LogP contribution in [-0.4, -0.2) is 69.6 Å². The zero-order valence-corrected chi connectivity index (χ0v) is 24.3. The number of carbonyl (C=O) groups excluding carboxylic acids is 3. The summed E-state index contributed by atoms with van der Waals surface area (Å²) in [5, 5.41) is 9.28. The maximum absolute atomic E-state index is 14.7. The molecule has 5 atom stereocenters. The average Bonchev–Trinajstić information content (AvgIpc) is 3.46. The first kappa shape index (κ1) is 29.4. The van der Waals surface area contributed by atoms with Crippen LogP contribution >= 0.6 is 11.8 Å². The van der Waals surface area contributed by atoms with Gasteiger partial charge in [-0.05, 0) is 70.4 Å². The van der Waals surface area contributed by atoms with Gasteiger partial charge in [0, 0.05) is 30.1 Å². The number of fused-ring (bicyclic) bond motifs is 1. The maximum atomic E-state index is 14.7. The lowest BCUT2D eigenvalue weighted by atomic mass is 9.66. The lowest BCUT2D eigenvalue weighted by Crippen LogP contribution is -2.55. The number of para-hydroxylation sites is 1. The van der Waals surface area contributed by atoms with E-state index in [2.05, 4.69) is 20.1 Å². The Kier molecular flexibility index (Phi) is 8.96. The summed E-state index contributed by atoms with van der Waals surface area (Å²) in [5.41, 5.74) is 2.81. The minimum absolute atomic E-state index is 0.0926. The second-order valence-corrected chi connectivity index (χ2v) is 13.2. The van der Waals surface area contributed by atoms with Crippen LogP contribution in [0.2, 0.25) is 0 Å². The van der Waals surface area contributed by atoms with Crippen molar-refractivity contribution in [2.45, 2.75) is 74.8 Å². The molecule has 2 bridgehead atoms. The summed E-state index contributed by atoms with van der Waals surface area (Å²) in [6, 6.07) is 5.27. The largest absolute Gasteiger partial charge is 0.465 e. The number of amides is 2. The molecule has 3 saturated heterocycles. The third-order valence-electron chi connectivity index (χ3n) is 8.68. The van der Waals surface area contributed by atoms with Gasteiger partial charge in [0.25, 0.3) is 5.91 Å². The van der Waals surface area contributed by atoms with Crippen LogP contribution in [0.15, 0.2) is 43.5 Å². The Morgan fingerprint density at radius 1 is 1.18 bits per heavy atom. The molecular weight excluding hydrogens is 512 g/mol. The molecule has 39 heavy (non-hydrogen) atoms. The Morgan fingerprint density at radius 2 is 1.90 bits per heavy atom. The molecule has 3 aliphatic heterocycles. The minimum Gasteiger partial charge on any atom is -0.465 e. The van der Waals surface area contributed by atoms with Gasteiger partial charge in [-0.2, -0.15) is 0 Å². The van der Waals surface area contributed by atoms with Crippen molar-refractivity contribution in [1.29, 1.82) is 0 Å². The highest BCUT2D eigenvalue weighted by Crippen LogP contribution is 2.71. The van der Waals surface area contributed by atoms with E-state index in [9.17, 15) is 19.5 Å². The smallest absolute Gasteiger partial charge is 0.311 e. The number of aliphatic hydroxyl groups is 1. The first-order valence-corrected chi connectivity index (χ1v) is 14.9. The van der Waals surface area contributed by atoms with E-state index in [-0.39, 0.29) is 31.0 Å². The van der Waals surface area contributed by atoms with E-state index in [1.165, 1.54) is 0 Å². The SMILES string of the molecule is C=CCCOC(=O)[C@@H]1[C@H]2C(=O)N(CCCCCO)C(C(=O)N(CC=C)c3c(C)cccc3C)C23CC[C@@]1(C)S3. The van der Waals surface area contributed by atoms with E-state index < -0.39 is 27.4 Å². The lowest BCUT2D eigenvalue weighted by molar-refractivity contribution is -0.155. The van der Waals surface area contributed by atoms with Crippen LogP contribution in [0.4, 0.5) is 5.69 Å². The Bertz CT molecular complexity index is 1120. The summed E-state index contributed by atoms with van der Waals surface area (Å²) in [6.07, 6.45) is 7.50. The molecule has 0 aromatic heterocycles. The Hall–Kier alpha value is -2.58. The zero-order chi connectivity index (χ0) is 28.4. The number of unbranched alkanes of at least 4 members (excludes halogenated alkanes) is 2. The van der Waals surface area contributed by atoms with Gasteiger partial charge in [-0.3, -0.25) is 14.4 Å². The van der Waals surface area contributed by atoms with Crippen LogP contribution in [0.5, 0.6) is 0 Å². The molecule has 212 valence electrons. The summed E-state index contributed by atoms with van der Waals surface area (Å²) in [4.78, 5) is 45.9. The molecule has 1 aromatic carbocycles. The zero-order valence-electron chi connectivity index (χ0n) is 23.5. The summed E-state index contributed by atoms with van der Waals surface area (Å²) >= 11 is 1.66. The molecule has 3 fully saturated rings. The number of aryl methyl sites for hydroxylation is 2. The Labute approximate surface area is 236 Å². The standard InChI is InChI=1S/C31H42N2O5S/c1-6-8-20-38-29(37)24-23-27(35)33(18-10-9-11-19-34)26(31(23)16-15-30(24,5)39-31)28(36)32(17-7-2)25-21(3)13-12-14-22(25)4/h6-7,12-14,23-24,26,34H,1-2,8-11,15-20H2,3-5H3/t23-,24-,26?,30+,31?/m0/s1. The van der Waals surface area contributed by atoms with Crippen LogP contribution in [0.1, 0.15) is 56.6 Å². The maximum Gasteiger partial charge on any atom is 0.311 e. The molecule has 2 amide bonds. The van der Waals surface area contributed by atoms with E-state index in [1.807, 2.05) is 32.0 Å². The number of rotatable bonds is 13. The number of nitrogens with zero attached hydrogens (tertiary/aromatic N) is 2. The number of benzene rings is 1. The molecular formula is C31H42N2O5S. The monoisotopic (exact) mass is 554 g/mol. The fourth-order valence-electron chi connectivity index (χ4n) is 7.01. The van der Waals surface area contributed by atoms with Gasteiger partial charge < -0.3 is 19.6 Å². The van der Waals surface area contributed by atoms with Gasteiger partial charge in [-0.1, -0.05) is 30.4 Å². The van der Waals surface area contributed by atoms with E-state index in [1.54, 1.807) is 33.7 Å². The van der Waals surface area contributed by atoms with Crippen molar-refractivity contribution in [3.05, 3.63) is 54.6 Å². The lowest BCUT2D eigenvalue weighted by Gasteiger charge is -2.38. The normalized spacial score (nSPS) is 28.9. The quantitative estimate of drug-likeness (QED) is 0.218. The van der Waals surface area contributed by atoms with Crippen LogP contribution in [-0.2, 0) is 19.1 Å². The van der Waals surface area contributed by atoms with E-state index in [0.29, 0.717) is 38.8 Å². The number of carbonyl (C=O) groups is 3. The van der Waals surface area contributed by atoms with Crippen LogP contribution in [0.3, 0.4) is 0 Å². The van der Waals surface area contributed by atoms with Gasteiger partial charge in [0.2, 0.25) is 5.91 Å². The van der Waals surface area contributed by atoms with Gasteiger partial charge in [0.15, 0.2) is 0 Å². The summed E-state index contributed by atoms with van der Waals surface area (Å²) in [5.74, 6) is -1.80. The Morgan fingerprint density at radius 3 is 2.54 bits per heavy atom. The van der Waals surface area contributed by atoms with E-state index >= 15 is 0 Å². The van der Waals surface area contributed by atoms with Crippen molar-refractivity contribution in [2.24, 2.45) is 11.8 Å². The summed E-state index contributed by atoms with van der Waals surface area (Å²) < 4.78 is 4.48. The predicted octanol–water partition coefficient (Wildman–Crippen LogP) is 4.59. The number of thioether (sulfide) groups is 1. The molecule has 8 heteroatoms. The van der Waals surface area contributed by atoms with Gasteiger partial charge in [-0.15, -0.1) is 24.9 Å². The van der Waals surface area contributed by atoms with Gasteiger partial charge in [0.05, 0.1) is 23.2 Å². The van der Waals surface area contributed by atoms with Crippen LogP contribution < -0.4 is 4.90 Å². The molecule has 1 spiro atoms. The van der Waals surface area contributed by atoms with Crippen LogP contribution in [0, 0.1) is 25.7 Å². The Balaban J connectivity index is 1.76. The molecule has 3 heterocycles. The highest BCUT2D eigenvalue weighted by atomic mass is 32.2. The molecule has 4 rings (SSSR count). The fourth-order valence-corrected chi connectivity index (χ4v) is 9.35. The topological polar surface area (TPSA) is 87.1 Å². The van der Waals surface area contributed by atoms with E-state index in [0.717, 1.165) is 29.7 Å². The first-order chi connectivity index (χ1) is 18.7. The van der Waals surface area contributed by atoms with Gasteiger partial charge in [0.1, 0.15) is 6.04 Å². The van der Waals surface area contributed by atoms with E-state index in [4.69, 9.17) is 4.74 Å². The highest BCUT2D eigenvalue weighted by molar-refractivity contribution is 8.02.